The van der Waals surface area contributed by atoms with Crippen LogP contribution in [0.1, 0.15) is 17.4 Å². The Kier molecular flexibility index (Phi) is 4.12. The summed E-state index contributed by atoms with van der Waals surface area (Å²) in [6, 6.07) is 4.39. The van der Waals surface area contributed by atoms with Crippen molar-refractivity contribution in [1.29, 1.82) is 5.26 Å². The smallest absolute Gasteiger partial charge is 0.0946 e. The molecule has 1 aromatic heterocycles. The molecule has 0 aliphatic carbocycles. The van der Waals surface area contributed by atoms with Crippen molar-refractivity contribution in [2.45, 2.75) is 26.3 Å². The topological polar surface area (TPSA) is 27.0 Å². The van der Waals surface area contributed by atoms with Gasteiger partial charge in [-0.25, -0.2) is 0 Å². The summed E-state index contributed by atoms with van der Waals surface area (Å²) in [5.74, 6) is 0. The van der Waals surface area contributed by atoms with E-state index in [0.717, 1.165) is 13.0 Å². The standard InChI is InChI=1S/C11H16N2S/c1-9-5-7-14-11(9)4-6-13(3)10(2)8-12/h5,7,10H,4,6H2,1-3H3. The molecule has 0 bridgehead atoms. The molecule has 0 aliphatic rings. The third-order valence-corrected chi connectivity index (χ3v) is 3.59. The molecule has 1 atom stereocenters. The molecule has 2 nitrogen and oxygen atoms in total. The average molecular weight is 208 g/mol. The van der Waals surface area contributed by atoms with Crippen molar-refractivity contribution in [2.75, 3.05) is 13.6 Å². The normalized spacial score (nSPS) is 12.8. The first kappa shape index (κ1) is 11.2. The van der Waals surface area contributed by atoms with Gasteiger partial charge in [0.15, 0.2) is 0 Å². The second-order valence-corrected chi connectivity index (χ2v) is 4.56. The Labute approximate surface area is 89.8 Å². The lowest BCUT2D eigenvalue weighted by Crippen LogP contribution is -2.29. The zero-order valence-corrected chi connectivity index (χ0v) is 9.77. The van der Waals surface area contributed by atoms with Gasteiger partial charge in [-0.05, 0) is 44.3 Å². The maximum absolute atomic E-state index is 8.73. The Morgan fingerprint density at radius 1 is 1.64 bits per heavy atom. The molecule has 3 heteroatoms. The van der Waals surface area contributed by atoms with Crippen LogP contribution in [-0.4, -0.2) is 24.5 Å². The first-order chi connectivity index (χ1) is 6.65. The maximum atomic E-state index is 8.73. The molecule has 1 rings (SSSR count). The van der Waals surface area contributed by atoms with Crippen LogP contribution < -0.4 is 0 Å². The highest BCUT2D eigenvalue weighted by atomic mass is 32.1. The van der Waals surface area contributed by atoms with Crippen LogP contribution >= 0.6 is 11.3 Å². The van der Waals surface area contributed by atoms with Crippen molar-refractivity contribution < 1.29 is 0 Å². The lowest BCUT2D eigenvalue weighted by molar-refractivity contribution is 0.307. The number of nitrogens with zero attached hydrogens (tertiary/aromatic N) is 2. The molecule has 1 aromatic rings. The van der Waals surface area contributed by atoms with Gasteiger partial charge in [0.05, 0.1) is 12.1 Å². The first-order valence-electron chi connectivity index (χ1n) is 4.78. The molecule has 0 saturated heterocycles. The van der Waals surface area contributed by atoms with E-state index in [-0.39, 0.29) is 6.04 Å². The van der Waals surface area contributed by atoms with Crippen molar-refractivity contribution >= 4 is 11.3 Å². The van der Waals surface area contributed by atoms with Crippen LogP contribution in [0.4, 0.5) is 0 Å². The molecule has 0 aliphatic heterocycles. The van der Waals surface area contributed by atoms with E-state index in [1.54, 1.807) is 11.3 Å². The van der Waals surface area contributed by atoms with Gasteiger partial charge in [-0.2, -0.15) is 5.26 Å². The van der Waals surface area contributed by atoms with E-state index in [0.29, 0.717) is 0 Å². The largest absolute Gasteiger partial charge is 0.291 e. The second kappa shape index (κ2) is 5.14. The third kappa shape index (κ3) is 2.83. The summed E-state index contributed by atoms with van der Waals surface area (Å²) in [5, 5.41) is 10.9. The van der Waals surface area contributed by atoms with Crippen molar-refractivity contribution in [2.24, 2.45) is 0 Å². The number of nitriles is 1. The number of hydrogen-bond acceptors (Lipinski definition) is 3. The van der Waals surface area contributed by atoms with Gasteiger partial charge in [0, 0.05) is 11.4 Å². The van der Waals surface area contributed by atoms with Crippen LogP contribution in [0.25, 0.3) is 0 Å². The molecule has 0 fully saturated rings. The Balaban J connectivity index is 2.42. The molecule has 0 radical (unpaired) electrons. The average Bonchev–Trinajstić information content (AvgIpc) is 2.59. The van der Waals surface area contributed by atoms with E-state index in [4.69, 9.17) is 5.26 Å². The number of thiophene rings is 1. The molecule has 1 heterocycles. The van der Waals surface area contributed by atoms with Crippen molar-refractivity contribution in [3.8, 4) is 6.07 Å². The molecule has 14 heavy (non-hydrogen) atoms. The van der Waals surface area contributed by atoms with Crippen LogP contribution in [0.2, 0.25) is 0 Å². The molecule has 0 amide bonds. The Morgan fingerprint density at radius 3 is 2.86 bits per heavy atom. The summed E-state index contributed by atoms with van der Waals surface area (Å²) >= 11 is 1.80. The Hall–Kier alpha value is -0.850. The van der Waals surface area contributed by atoms with Crippen LogP contribution in [0.15, 0.2) is 11.4 Å². The summed E-state index contributed by atoms with van der Waals surface area (Å²) in [6.45, 7) is 5.02. The van der Waals surface area contributed by atoms with Crippen LogP contribution in [0.5, 0.6) is 0 Å². The zero-order chi connectivity index (χ0) is 10.6. The van der Waals surface area contributed by atoms with Gasteiger partial charge in [-0.3, -0.25) is 4.90 Å². The van der Waals surface area contributed by atoms with Crippen LogP contribution in [0, 0.1) is 18.3 Å². The number of hydrogen-bond donors (Lipinski definition) is 0. The minimum atomic E-state index is 0.00951. The Bertz CT molecular complexity index is 324. The van der Waals surface area contributed by atoms with Gasteiger partial charge in [0.2, 0.25) is 0 Å². The minimum Gasteiger partial charge on any atom is -0.291 e. The molecule has 0 spiro atoms. The summed E-state index contributed by atoms with van der Waals surface area (Å²) in [4.78, 5) is 3.51. The lowest BCUT2D eigenvalue weighted by atomic mass is 10.2. The highest BCUT2D eigenvalue weighted by Crippen LogP contribution is 2.16. The molecular formula is C11H16N2S. The van der Waals surface area contributed by atoms with Gasteiger partial charge in [-0.1, -0.05) is 0 Å². The van der Waals surface area contributed by atoms with E-state index in [1.165, 1.54) is 10.4 Å². The highest BCUT2D eigenvalue weighted by molar-refractivity contribution is 7.10. The van der Waals surface area contributed by atoms with Crippen molar-refractivity contribution in [1.82, 2.24) is 4.90 Å². The van der Waals surface area contributed by atoms with E-state index in [9.17, 15) is 0 Å². The number of aryl methyl sites for hydroxylation is 1. The number of rotatable bonds is 4. The SMILES string of the molecule is Cc1ccsc1CCN(C)C(C)C#N. The predicted octanol–water partition coefficient (Wildman–Crippen LogP) is 2.44. The van der Waals surface area contributed by atoms with Gasteiger partial charge < -0.3 is 0 Å². The van der Waals surface area contributed by atoms with Crippen LogP contribution in [0.3, 0.4) is 0 Å². The van der Waals surface area contributed by atoms with Gasteiger partial charge in [0.25, 0.3) is 0 Å². The molecule has 1 unspecified atom stereocenters. The van der Waals surface area contributed by atoms with E-state index in [2.05, 4.69) is 29.3 Å². The summed E-state index contributed by atoms with van der Waals surface area (Å²) in [6.07, 6.45) is 1.05. The summed E-state index contributed by atoms with van der Waals surface area (Å²) < 4.78 is 0. The fourth-order valence-corrected chi connectivity index (χ4v) is 2.13. The van der Waals surface area contributed by atoms with Crippen molar-refractivity contribution in [3.05, 3.63) is 21.9 Å². The van der Waals surface area contributed by atoms with E-state index in [1.807, 2.05) is 14.0 Å². The number of likely N-dealkylation sites (N-methyl/N-ethyl adjacent to an activating group) is 1. The second-order valence-electron chi connectivity index (χ2n) is 3.56. The fourth-order valence-electron chi connectivity index (χ4n) is 1.23. The summed E-state index contributed by atoms with van der Waals surface area (Å²) in [7, 11) is 2.00. The first-order valence-corrected chi connectivity index (χ1v) is 5.66. The molecule has 76 valence electrons. The molecular weight excluding hydrogens is 192 g/mol. The maximum Gasteiger partial charge on any atom is 0.0946 e. The summed E-state index contributed by atoms with van der Waals surface area (Å²) in [5.41, 5.74) is 1.37. The highest BCUT2D eigenvalue weighted by Gasteiger charge is 2.08. The molecule has 0 N–H and O–H groups in total. The van der Waals surface area contributed by atoms with Crippen molar-refractivity contribution in [3.63, 3.8) is 0 Å². The van der Waals surface area contributed by atoms with Gasteiger partial charge in [-0.15, -0.1) is 11.3 Å². The zero-order valence-electron chi connectivity index (χ0n) is 8.95. The van der Waals surface area contributed by atoms with E-state index < -0.39 is 0 Å². The quantitative estimate of drug-likeness (QED) is 0.760. The Morgan fingerprint density at radius 2 is 2.36 bits per heavy atom. The van der Waals surface area contributed by atoms with Crippen LogP contribution in [-0.2, 0) is 6.42 Å². The monoisotopic (exact) mass is 208 g/mol. The van der Waals surface area contributed by atoms with Gasteiger partial charge in [0.1, 0.15) is 0 Å². The molecule has 0 saturated carbocycles. The van der Waals surface area contributed by atoms with E-state index >= 15 is 0 Å². The third-order valence-electron chi connectivity index (χ3n) is 2.51. The minimum absolute atomic E-state index is 0.00951. The van der Waals surface area contributed by atoms with Gasteiger partial charge >= 0.3 is 0 Å². The predicted molar refractivity (Wildman–Crippen MR) is 60.5 cm³/mol. The molecule has 0 aromatic carbocycles. The lowest BCUT2D eigenvalue weighted by Gasteiger charge is -2.18. The fraction of sp³-hybridized carbons (Fsp3) is 0.545.